The third kappa shape index (κ3) is 4.52. The summed E-state index contributed by atoms with van der Waals surface area (Å²) in [6.07, 6.45) is 0. The molecule has 8 aromatic carbocycles. The van der Waals surface area contributed by atoms with Crippen LogP contribution in [0.1, 0.15) is 25.0 Å². The molecular formula is C51H35NO. The number of hydrogen-bond donors (Lipinski definition) is 0. The predicted octanol–water partition coefficient (Wildman–Crippen LogP) is 14.0. The Balaban J connectivity index is 1.01. The maximum atomic E-state index is 6.30. The number of hydrogen-bond acceptors (Lipinski definition) is 1. The molecule has 0 saturated carbocycles. The standard InChI is InChI=1S/C51H35NO/c1-51(2)45-29-37(19-24-39(45)41-31-50-44(30-46(41)51)40-15-9-10-16-49(40)53-50)34-17-22-38(23-18-34)52-47-25-20-35(32-11-5-3-6-12-32)27-42(47)43-28-36(21-26-48(43)52)33-13-7-4-8-14-33/h3-31H,1-2H3. The largest absolute Gasteiger partial charge is 0.456 e. The highest BCUT2D eigenvalue weighted by Crippen LogP contribution is 2.51. The molecule has 0 spiro atoms. The Labute approximate surface area is 308 Å². The van der Waals surface area contributed by atoms with Gasteiger partial charge in [0.1, 0.15) is 11.2 Å². The molecule has 0 bridgehead atoms. The molecule has 0 fully saturated rings. The van der Waals surface area contributed by atoms with Crippen molar-refractivity contribution in [3.63, 3.8) is 0 Å². The molecule has 2 heterocycles. The summed E-state index contributed by atoms with van der Waals surface area (Å²) in [5.74, 6) is 0. The third-order valence-corrected chi connectivity index (χ3v) is 11.6. The highest BCUT2D eigenvalue weighted by Gasteiger charge is 2.36. The van der Waals surface area contributed by atoms with Gasteiger partial charge in [0, 0.05) is 32.6 Å². The minimum Gasteiger partial charge on any atom is -0.456 e. The summed E-state index contributed by atoms with van der Waals surface area (Å²) >= 11 is 0. The molecule has 0 radical (unpaired) electrons. The van der Waals surface area contributed by atoms with Crippen molar-refractivity contribution in [1.29, 1.82) is 0 Å². The van der Waals surface area contributed by atoms with E-state index in [0.717, 1.165) is 16.9 Å². The zero-order chi connectivity index (χ0) is 35.3. The molecule has 0 unspecified atom stereocenters. The zero-order valence-electron chi connectivity index (χ0n) is 29.6. The summed E-state index contributed by atoms with van der Waals surface area (Å²) in [7, 11) is 0. The van der Waals surface area contributed by atoms with Crippen molar-refractivity contribution >= 4 is 43.7 Å². The van der Waals surface area contributed by atoms with Crippen molar-refractivity contribution < 1.29 is 4.42 Å². The molecule has 2 aromatic heterocycles. The van der Waals surface area contributed by atoms with Crippen molar-refractivity contribution in [2.24, 2.45) is 0 Å². The Morgan fingerprint density at radius 3 is 1.57 bits per heavy atom. The quantitative estimate of drug-likeness (QED) is 0.181. The van der Waals surface area contributed by atoms with Gasteiger partial charge in [0.2, 0.25) is 0 Å². The Hall–Kier alpha value is -6.64. The Morgan fingerprint density at radius 2 is 0.906 bits per heavy atom. The first-order valence-corrected chi connectivity index (χ1v) is 18.4. The fourth-order valence-electron chi connectivity index (χ4n) is 8.86. The summed E-state index contributed by atoms with van der Waals surface area (Å²) < 4.78 is 8.72. The van der Waals surface area contributed by atoms with Crippen LogP contribution in [0.4, 0.5) is 0 Å². The van der Waals surface area contributed by atoms with E-state index >= 15 is 0 Å². The van der Waals surface area contributed by atoms with Gasteiger partial charge in [-0.05, 0) is 116 Å². The number of fused-ring (bicyclic) bond motifs is 9. The normalized spacial score (nSPS) is 13.2. The molecule has 0 saturated heterocycles. The molecule has 11 rings (SSSR count). The second-order valence-electron chi connectivity index (χ2n) is 15.0. The van der Waals surface area contributed by atoms with Crippen LogP contribution in [0.15, 0.2) is 180 Å². The van der Waals surface area contributed by atoms with Crippen LogP contribution in [0.3, 0.4) is 0 Å². The number of furan rings is 1. The van der Waals surface area contributed by atoms with E-state index < -0.39 is 0 Å². The average Bonchev–Trinajstić information content (AvgIpc) is 3.82. The monoisotopic (exact) mass is 677 g/mol. The van der Waals surface area contributed by atoms with E-state index in [9.17, 15) is 0 Å². The zero-order valence-corrected chi connectivity index (χ0v) is 29.6. The van der Waals surface area contributed by atoms with E-state index in [4.69, 9.17) is 4.42 Å². The topological polar surface area (TPSA) is 18.1 Å². The van der Waals surface area contributed by atoms with Crippen LogP contribution in [0.25, 0.3) is 93.9 Å². The summed E-state index contributed by atoms with van der Waals surface area (Å²) in [6.45, 7) is 4.71. The molecule has 1 aliphatic carbocycles. The summed E-state index contributed by atoms with van der Waals surface area (Å²) in [6, 6.07) is 64.2. The number of benzene rings is 8. The predicted molar refractivity (Wildman–Crippen MR) is 222 cm³/mol. The fourth-order valence-corrected chi connectivity index (χ4v) is 8.86. The van der Waals surface area contributed by atoms with Gasteiger partial charge in [0.15, 0.2) is 0 Å². The Morgan fingerprint density at radius 1 is 0.377 bits per heavy atom. The summed E-state index contributed by atoms with van der Waals surface area (Å²) in [5, 5.41) is 4.87. The summed E-state index contributed by atoms with van der Waals surface area (Å²) in [4.78, 5) is 0. The highest BCUT2D eigenvalue weighted by molar-refractivity contribution is 6.12. The first kappa shape index (κ1) is 30.0. The number of nitrogens with zero attached hydrogens (tertiary/aromatic N) is 1. The van der Waals surface area contributed by atoms with Gasteiger partial charge >= 0.3 is 0 Å². The lowest BCUT2D eigenvalue weighted by Gasteiger charge is -2.22. The third-order valence-electron chi connectivity index (χ3n) is 11.6. The van der Waals surface area contributed by atoms with Crippen LogP contribution in [0.5, 0.6) is 0 Å². The number of para-hydroxylation sites is 1. The second-order valence-corrected chi connectivity index (χ2v) is 15.0. The number of aromatic nitrogens is 1. The average molecular weight is 678 g/mol. The van der Waals surface area contributed by atoms with Crippen LogP contribution >= 0.6 is 0 Å². The molecule has 0 amide bonds. The molecule has 250 valence electrons. The molecule has 10 aromatic rings. The van der Waals surface area contributed by atoms with E-state index in [1.165, 1.54) is 88.2 Å². The van der Waals surface area contributed by atoms with Gasteiger partial charge in [-0.2, -0.15) is 0 Å². The van der Waals surface area contributed by atoms with Gasteiger partial charge in [-0.3, -0.25) is 0 Å². The van der Waals surface area contributed by atoms with Crippen LogP contribution in [0.2, 0.25) is 0 Å². The molecule has 53 heavy (non-hydrogen) atoms. The first-order chi connectivity index (χ1) is 26.0. The van der Waals surface area contributed by atoms with E-state index in [1.54, 1.807) is 0 Å². The van der Waals surface area contributed by atoms with Crippen LogP contribution in [0, 0.1) is 0 Å². The van der Waals surface area contributed by atoms with Crippen molar-refractivity contribution in [3.8, 4) is 50.2 Å². The smallest absolute Gasteiger partial charge is 0.136 e. The summed E-state index contributed by atoms with van der Waals surface area (Å²) in [5.41, 5.74) is 17.9. The van der Waals surface area contributed by atoms with Gasteiger partial charge < -0.3 is 8.98 Å². The molecular weight excluding hydrogens is 643 g/mol. The van der Waals surface area contributed by atoms with Crippen LogP contribution < -0.4 is 0 Å². The SMILES string of the molecule is CC1(C)c2cc(-c3ccc(-n4c5ccc(-c6ccccc6)cc5c5cc(-c6ccccc6)ccc54)cc3)ccc2-c2cc3oc4ccccc4c3cc21. The maximum Gasteiger partial charge on any atom is 0.136 e. The highest BCUT2D eigenvalue weighted by atomic mass is 16.3. The van der Waals surface area contributed by atoms with Crippen molar-refractivity contribution in [1.82, 2.24) is 4.57 Å². The van der Waals surface area contributed by atoms with E-state index in [1.807, 2.05) is 6.07 Å². The van der Waals surface area contributed by atoms with Crippen molar-refractivity contribution in [3.05, 3.63) is 187 Å². The lowest BCUT2D eigenvalue weighted by molar-refractivity contribution is 0.658. The van der Waals surface area contributed by atoms with Gasteiger partial charge in [-0.15, -0.1) is 0 Å². The van der Waals surface area contributed by atoms with Crippen molar-refractivity contribution in [2.75, 3.05) is 0 Å². The minimum absolute atomic E-state index is 0.132. The lowest BCUT2D eigenvalue weighted by Crippen LogP contribution is -2.15. The minimum atomic E-state index is -0.132. The Kier molecular flexibility index (Phi) is 6.33. The Bertz CT molecular complexity index is 2960. The van der Waals surface area contributed by atoms with Gasteiger partial charge in [-0.25, -0.2) is 0 Å². The van der Waals surface area contributed by atoms with Gasteiger partial charge in [-0.1, -0.05) is 129 Å². The van der Waals surface area contributed by atoms with Crippen molar-refractivity contribution in [2.45, 2.75) is 19.3 Å². The first-order valence-electron chi connectivity index (χ1n) is 18.4. The molecule has 0 N–H and O–H groups in total. The lowest BCUT2D eigenvalue weighted by atomic mass is 9.81. The van der Waals surface area contributed by atoms with Gasteiger partial charge in [0.05, 0.1) is 11.0 Å². The molecule has 0 atom stereocenters. The van der Waals surface area contributed by atoms with E-state index in [0.29, 0.717) is 0 Å². The fraction of sp³-hybridized carbons (Fsp3) is 0.0588. The molecule has 2 heteroatoms. The second kappa shape index (κ2) is 11.2. The molecule has 2 nitrogen and oxygen atoms in total. The molecule has 0 aliphatic heterocycles. The van der Waals surface area contributed by atoms with Crippen LogP contribution in [-0.2, 0) is 5.41 Å². The van der Waals surface area contributed by atoms with E-state index in [2.05, 4.69) is 188 Å². The molecule has 1 aliphatic rings. The van der Waals surface area contributed by atoms with E-state index in [-0.39, 0.29) is 5.41 Å². The maximum absolute atomic E-state index is 6.30. The van der Waals surface area contributed by atoms with Gasteiger partial charge in [0.25, 0.3) is 0 Å². The van der Waals surface area contributed by atoms with Crippen LogP contribution in [-0.4, -0.2) is 4.57 Å². The number of rotatable bonds is 4.